The lowest BCUT2D eigenvalue weighted by Gasteiger charge is -2.42. The quantitative estimate of drug-likeness (QED) is 0.812. The first-order chi connectivity index (χ1) is 13.0. The van der Waals surface area contributed by atoms with Gasteiger partial charge in [0, 0.05) is 38.9 Å². The summed E-state index contributed by atoms with van der Waals surface area (Å²) in [5, 5.41) is 3.27. The molecule has 1 N–H and O–H groups in total. The minimum absolute atomic E-state index is 0. The summed E-state index contributed by atoms with van der Waals surface area (Å²) in [5.41, 5.74) is 0.891. The van der Waals surface area contributed by atoms with Crippen LogP contribution in [0.1, 0.15) is 28.8 Å². The van der Waals surface area contributed by atoms with Crippen molar-refractivity contribution in [2.24, 2.45) is 0 Å². The van der Waals surface area contributed by atoms with Crippen molar-refractivity contribution >= 4 is 24.2 Å². The minimum atomic E-state index is -0.720. The van der Waals surface area contributed by atoms with Crippen molar-refractivity contribution in [3.63, 3.8) is 0 Å². The number of methoxy groups -OCH3 is 2. The van der Waals surface area contributed by atoms with E-state index in [1.165, 1.54) is 0 Å². The molecule has 0 aliphatic carbocycles. The monoisotopic (exact) mass is 411 g/mol. The second-order valence-electron chi connectivity index (χ2n) is 7.22. The number of nitrogens with one attached hydrogen (secondary N) is 1. The van der Waals surface area contributed by atoms with Crippen LogP contribution in [0.3, 0.4) is 0 Å². The van der Waals surface area contributed by atoms with Gasteiger partial charge in [0.2, 0.25) is 0 Å². The average Bonchev–Trinajstić information content (AvgIpc) is 2.73. The highest BCUT2D eigenvalue weighted by Gasteiger charge is 2.43. The number of carbonyl (C=O) groups excluding carboxylic acids is 2. The molecular formula is C20H30ClN3O4. The lowest BCUT2D eigenvalue weighted by atomic mass is 9.90. The molecule has 0 bridgehead atoms. The minimum Gasteiger partial charge on any atom is -0.496 e. The zero-order valence-corrected chi connectivity index (χ0v) is 17.6. The molecule has 7 nitrogen and oxygen atoms in total. The summed E-state index contributed by atoms with van der Waals surface area (Å²) >= 11 is 0. The highest BCUT2D eigenvalue weighted by Crippen LogP contribution is 2.26. The summed E-state index contributed by atoms with van der Waals surface area (Å²) in [4.78, 5) is 29.5. The SMILES string of the molecule is COc1cc(C(=O)N2CCN(C(=O)C3(OC)CCNCC3)CC2)ccc1C.Cl. The van der Waals surface area contributed by atoms with Crippen LogP contribution >= 0.6 is 12.4 Å². The summed E-state index contributed by atoms with van der Waals surface area (Å²) < 4.78 is 11.0. The van der Waals surface area contributed by atoms with Gasteiger partial charge in [0.05, 0.1) is 7.11 Å². The van der Waals surface area contributed by atoms with Crippen LogP contribution in [0.4, 0.5) is 0 Å². The maximum absolute atomic E-state index is 13.0. The predicted octanol–water partition coefficient (Wildman–Crippen LogP) is 1.48. The summed E-state index contributed by atoms with van der Waals surface area (Å²) in [5.74, 6) is 0.738. The van der Waals surface area contributed by atoms with E-state index >= 15 is 0 Å². The number of benzene rings is 1. The fourth-order valence-electron chi connectivity index (χ4n) is 3.87. The van der Waals surface area contributed by atoms with E-state index in [9.17, 15) is 9.59 Å². The number of carbonyl (C=O) groups is 2. The molecule has 2 aliphatic rings. The van der Waals surface area contributed by atoms with Crippen molar-refractivity contribution in [3.8, 4) is 5.75 Å². The zero-order valence-electron chi connectivity index (χ0n) is 16.8. The predicted molar refractivity (Wildman–Crippen MR) is 109 cm³/mol. The number of ether oxygens (including phenoxy) is 2. The highest BCUT2D eigenvalue weighted by molar-refractivity contribution is 5.95. The standard InChI is InChI=1S/C20H29N3O4.ClH/c1-15-4-5-16(14-17(15)26-2)18(24)22-10-12-23(13-11-22)19(25)20(27-3)6-8-21-9-7-20;/h4-5,14,21H,6-13H2,1-3H3;1H. The maximum atomic E-state index is 13.0. The van der Waals surface area contributed by atoms with Crippen LogP contribution in [0.2, 0.25) is 0 Å². The van der Waals surface area contributed by atoms with Gasteiger partial charge in [0.25, 0.3) is 11.8 Å². The van der Waals surface area contributed by atoms with Gasteiger partial charge in [-0.25, -0.2) is 0 Å². The molecule has 8 heteroatoms. The molecule has 156 valence electrons. The normalized spacial score (nSPS) is 19.0. The molecule has 0 aromatic heterocycles. The Morgan fingerprint density at radius 1 is 1.04 bits per heavy atom. The number of piperidine rings is 1. The van der Waals surface area contributed by atoms with Gasteiger partial charge in [-0.05, 0) is 50.6 Å². The topological polar surface area (TPSA) is 71.1 Å². The van der Waals surface area contributed by atoms with Crippen LogP contribution in [0, 0.1) is 6.92 Å². The second-order valence-corrected chi connectivity index (χ2v) is 7.22. The number of amides is 2. The number of rotatable bonds is 4. The molecule has 0 unspecified atom stereocenters. The Morgan fingerprint density at radius 2 is 1.64 bits per heavy atom. The Balaban J connectivity index is 0.00000280. The van der Waals surface area contributed by atoms with E-state index in [2.05, 4.69) is 5.32 Å². The molecule has 28 heavy (non-hydrogen) atoms. The number of hydrogen-bond donors (Lipinski definition) is 1. The van der Waals surface area contributed by atoms with Crippen LogP contribution in [0.15, 0.2) is 18.2 Å². The van der Waals surface area contributed by atoms with Crippen molar-refractivity contribution in [1.29, 1.82) is 0 Å². The van der Waals surface area contributed by atoms with Crippen LogP contribution in [-0.4, -0.2) is 80.7 Å². The Kier molecular flexibility index (Phi) is 7.69. The first-order valence-electron chi connectivity index (χ1n) is 9.50. The first kappa shape index (κ1) is 22.5. The van der Waals surface area contributed by atoms with Crippen LogP contribution in [-0.2, 0) is 9.53 Å². The van der Waals surface area contributed by atoms with E-state index in [1.807, 2.05) is 24.0 Å². The zero-order chi connectivity index (χ0) is 19.4. The number of halogens is 1. The molecule has 2 saturated heterocycles. The summed E-state index contributed by atoms with van der Waals surface area (Å²) in [6, 6.07) is 5.50. The first-order valence-corrected chi connectivity index (χ1v) is 9.50. The van der Waals surface area contributed by atoms with Crippen molar-refractivity contribution in [3.05, 3.63) is 29.3 Å². The fraction of sp³-hybridized carbons (Fsp3) is 0.600. The van der Waals surface area contributed by atoms with Gasteiger partial charge in [-0.2, -0.15) is 0 Å². The van der Waals surface area contributed by atoms with E-state index in [1.54, 1.807) is 25.2 Å². The Labute approximate surface area is 172 Å². The van der Waals surface area contributed by atoms with Gasteiger partial charge >= 0.3 is 0 Å². The van der Waals surface area contributed by atoms with E-state index in [-0.39, 0.29) is 24.2 Å². The molecular weight excluding hydrogens is 382 g/mol. The smallest absolute Gasteiger partial charge is 0.255 e. The molecule has 1 aromatic rings. The highest BCUT2D eigenvalue weighted by atomic mass is 35.5. The fourth-order valence-corrected chi connectivity index (χ4v) is 3.87. The van der Waals surface area contributed by atoms with E-state index in [0.29, 0.717) is 50.3 Å². The summed E-state index contributed by atoms with van der Waals surface area (Å²) in [6.07, 6.45) is 1.37. The van der Waals surface area contributed by atoms with E-state index < -0.39 is 5.60 Å². The Hall–Kier alpha value is -1.83. The van der Waals surface area contributed by atoms with Crippen molar-refractivity contribution in [2.75, 3.05) is 53.5 Å². The molecule has 0 saturated carbocycles. The second kappa shape index (κ2) is 9.58. The molecule has 0 atom stereocenters. The Bertz CT molecular complexity index is 699. The van der Waals surface area contributed by atoms with Gasteiger partial charge in [-0.1, -0.05) is 6.07 Å². The molecule has 2 amide bonds. The third-order valence-corrected chi connectivity index (χ3v) is 5.70. The largest absolute Gasteiger partial charge is 0.496 e. The number of hydrogen-bond acceptors (Lipinski definition) is 5. The van der Waals surface area contributed by atoms with Gasteiger partial charge in [0.15, 0.2) is 0 Å². The number of nitrogens with zero attached hydrogens (tertiary/aromatic N) is 2. The molecule has 0 radical (unpaired) electrons. The van der Waals surface area contributed by atoms with E-state index in [0.717, 1.165) is 18.7 Å². The van der Waals surface area contributed by atoms with Gasteiger partial charge in [-0.3, -0.25) is 9.59 Å². The molecule has 3 rings (SSSR count). The third-order valence-electron chi connectivity index (χ3n) is 5.70. The van der Waals surface area contributed by atoms with Crippen LogP contribution < -0.4 is 10.1 Å². The van der Waals surface area contributed by atoms with Gasteiger partial charge < -0.3 is 24.6 Å². The van der Waals surface area contributed by atoms with Crippen molar-refractivity contribution < 1.29 is 19.1 Å². The third kappa shape index (κ3) is 4.42. The van der Waals surface area contributed by atoms with E-state index in [4.69, 9.17) is 9.47 Å². The molecule has 2 aliphatic heterocycles. The van der Waals surface area contributed by atoms with Crippen LogP contribution in [0.25, 0.3) is 0 Å². The van der Waals surface area contributed by atoms with Gasteiger partial charge in [-0.15, -0.1) is 12.4 Å². The lowest BCUT2D eigenvalue weighted by Crippen LogP contribution is -2.59. The average molecular weight is 412 g/mol. The van der Waals surface area contributed by atoms with Crippen molar-refractivity contribution in [2.45, 2.75) is 25.4 Å². The summed E-state index contributed by atoms with van der Waals surface area (Å²) in [7, 11) is 3.22. The molecule has 1 aromatic carbocycles. The molecule has 2 fully saturated rings. The summed E-state index contributed by atoms with van der Waals surface area (Å²) in [6.45, 7) is 5.64. The van der Waals surface area contributed by atoms with Crippen LogP contribution in [0.5, 0.6) is 5.75 Å². The van der Waals surface area contributed by atoms with Gasteiger partial charge in [0.1, 0.15) is 11.4 Å². The van der Waals surface area contributed by atoms with Crippen molar-refractivity contribution in [1.82, 2.24) is 15.1 Å². The maximum Gasteiger partial charge on any atom is 0.255 e. The Morgan fingerprint density at radius 3 is 2.21 bits per heavy atom. The molecule has 2 heterocycles. The lowest BCUT2D eigenvalue weighted by molar-refractivity contribution is -0.159. The number of aryl methyl sites for hydroxylation is 1. The number of piperazine rings is 1. The molecule has 0 spiro atoms.